The van der Waals surface area contributed by atoms with Gasteiger partial charge in [0.1, 0.15) is 23.3 Å². The van der Waals surface area contributed by atoms with Crippen LogP contribution in [0.25, 0.3) is 0 Å². The molecule has 4 atom stereocenters. The zero-order valence-electron chi connectivity index (χ0n) is 25.5. The Morgan fingerprint density at radius 1 is 0.865 bits per heavy atom. The highest BCUT2D eigenvalue weighted by Gasteiger charge is 2.41. The molecule has 0 aromatic carbocycles. The molecular formula is C26H49N3O8. The number of aliphatic carboxylic acids is 1. The van der Waals surface area contributed by atoms with E-state index in [1.807, 2.05) is 34.6 Å². The maximum atomic E-state index is 12.2. The van der Waals surface area contributed by atoms with Crippen LogP contribution in [0.5, 0.6) is 0 Å². The number of carbonyl (C=O) groups is 4. The Bertz CT molecular complexity index is 796. The Labute approximate surface area is 223 Å². The molecule has 3 amide bonds. The molecule has 0 aromatic rings. The van der Waals surface area contributed by atoms with Crippen LogP contribution in [0, 0.1) is 11.8 Å². The van der Waals surface area contributed by atoms with E-state index in [1.165, 1.54) is 16.9 Å². The summed E-state index contributed by atoms with van der Waals surface area (Å²) in [6.07, 6.45) is 0.143. The molecule has 0 aromatic heterocycles. The Morgan fingerprint density at radius 2 is 1.22 bits per heavy atom. The molecule has 2 aliphatic heterocycles. The lowest BCUT2D eigenvalue weighted by Crippen LogP contribution is -2.47. The van der Waals surface area contributed by atoms with Gasteiger partial charge in [0.15, 0.2) is 0 Å². The second-order valence-electron chi connectivity index (χ2n) is 11.3. The summed E-state index contributed by atoms with van der Waals surface area (Å²) < 4.78 is 16.7. The number of amides is 3. The number of rotatable bonds is 3. The number of ether oxygens (including phenoxy) is 2. The normalized spacial score (nSPS) is 23.6. The summed E-state index contributed by atoms with van der Waals surface area (Å²) >= 11 is 0. The second kappa shape index (κ2) is 14.4. The summed E-state index contributed by atoms with van der Waals surface area (Å²) in [5.74, 6) is -0.715. The monoisotopic (exact) mass is 532 g/mol. The third-order valence-electron chi connectivity index (χ3n) is 5.43. The summed E-state index contributed by atoms with van der Waals surface area (Å²) in [6, 6.07) is -1.25. The number of likely N-dealkylation sites (tertiary alicyclic amines) is 2. The highest BCUT2D eigenvalue weighted by atomic mass is 16.7. The van der Waals surface area contributed by atoms with Crippen LogP contribution in [0.1, 0.15) is 83.4 Å². The molecule has 2 aliphatic rings. The molecule has 0 radical (unpaired) electrons. The summed E-state index contributed by atoms with van der Waals surface area (Å²) in [4.78, 5) is 54.7. The topological polar surface area (TPSA) is 126 Å². The van der Waals surface area contributed by atoms with Crippen molar-refractivity contribution in [3.8, 4) is 0 Å². The number of carboxylic acid groups (broad SMARTS) is 1. The minimum atomic E-state index is -0.963. The van der Waals surface area contributed by atoms with Crippen molar-refractivity contribution < 1.29 is 40.0 Å². The van der Waals surface area contributed by atoms with E-state index < -0.39 is 41.4 Å². The molecule has 0 aliphatic carbocycles. The van der Waals surface area contributed by atoms with E-state index in [4.69, 9.17) is 20.8 Å². The van der Waals surface area contributed by atoms with E-state index >= 15 is 0 Å². The third kappa shape index (κ3) is 11.6. The van der Waals surface area contributed by atoms with Crippen LogP contribution >= 0.6 is 0 Å². The van der Waals surface area contributed by atoms with Gasteiger partial charge in [-0.2, -0.15) is 0 Å². The fourth-order valence-corrected chi connectivity index (χ4v) is 3.90. The predicted molar refractivity (Wildman–Crippen MR) is 140 cm³/mol. The Morgan fingerprint density at radius 3 is 1.54 bits per heavy atom. The smallest absolute Gasteiger partial charge is 0.411 e. The zero-order valence-corrected chi connectivity index (χ0v) is 24.5. The van der Waals surface area contributed by atoms with Gasteiger partial charge in [0.25, 0.3) is 5.91 Å². The van der Waals surface area contributed by atoms with Gasteiger partial charge in [0, 0.05) is 21.5 Å². The number of carboxylic acids is 1. The standard InChI is InChI=1S/C13H24N2O4.C11H19NO4.C2H6/c1-9-7-10(11(16)14(5)18-6)15(8-9)12(17)19-13(2,3)4;1-7-5-8(9(13)14)12(6-7)10(15)16-11(2,3)4;1-2/h9-10H,7-8H2,1-6H3;7-8H,5-6H2,1-4H3,(H,13,14);1-2H3/t9-,10-;7-,8-;/m11./s1/i;;1D. The third-order valence-corrected chi connectivity index (χ3v) is 5.43. The van der Waals surface area contributed by atoms with Crippen LogP contribution < -0.4 is 0 Å². The van der Waals surface area contributed by atoms with Crippen LogP contribution in [-0.2, 0) is 23.9 Å². The Kier molecular flexibility index (Phi) is 12.6. The van der Waals surface area contributed by atoms with Gasteiger partial charge in [0.05, 0.1) is 7.11 Å². The first-order valence-electron chi connectivity index (χ1n) is 13.3. The number of likely N-dealkylation sites (N-methyl/N-ethyl adjacent to an activating group) is 1. The number of carbonyl (C=O) groups excluding carboxylic acids is 3. The van der Waals surface area contributed by atoms with Crippen LogP contribution in [0.15, 0.2) is 0 Å². The van der Waals surface area contributed by atoms with Crippen molar-refractivity contribution in [3.63, 3.8) is 0 Å². The van der Waals surface area contributed by atoms with E-state index in [1.54, 1.807) is 34.7 Å². The van der Waals surface area contributed by atoms with Crippen LogP contribution in [-0.4, -0.2) is 94.6 Å². The van der Waals surface area contributed by atoms with Crippen molar-refractivity contribution in [1.82, 2.24) is 14.9 Å². The first kappa shape index (κ1) is 32.5. The predicted octanol–water partition coefficient (Wildman–Crippen LogP) is 4.39. The summed E-state index contributed by atoms with van der Waals surface area (Å²) in [5.41, 5.74) is -1.16. The lowest BCUT2D eigenvalue weighted by molar-refractivity contribution is -0.173. The van der Waals surface area contributed by atoms with Gasteiger partial charge < -0.3 is 14.6 Å². The molecule has 0 bridgehead atoms. The molecule has 0 spiro atoms. The summed E-state index contributed by atoms with van der Waals surface area (Å²) in [7, 11) is 2.96. The SMILES string of the molecule is CON(C)C(=O)[C@H]1C[C@@H](C)CN1C(=O)OC(C)(C)C.C[C@@H]1C[C@H](C(=O)O)N(C(=O)OC(C)(C)C)C1.[2H]CC. The minimum absolute atomic E-state index is 0.202. The first-order chi connectivity index (χ1) is 17.3. The van der Waals surface area contributed by atoms with Crippen molar-refractivity contribution in [2.45, 2.75) is 105 Å². The molecule has 2 rings (SSSR count). The summed E-state index contributed by atoms with van der Waals surface area (Å²) in [6.45, 7) is 17.9. The maximum Gasteiger partial charge on any atom is 0.411 e. The highest BCUT2D eigenvalue weighted by molar-refractivity contribution is 5.85. The molecule has 1 N–H and O–H groups in total. The van der Waals surface area contributed by atoms with Gasteiger partial charge in [0.2, 0.25) is 0 Å². The number of nitrogens with zero attached hydrogens (tertiary/aromatic N) is 3. The lowest BCUT2D eigenvalue weighted by Gasteiger charge is -2.29. The molecule has 0 saturated carbocycles. The Hall–Kier alpha value is -2.56. The van der Waals surface area contributed by atoms with E-state index in [-0.39, 0.29) is 17.7 Å². The molecule has 2 heterocycles. The van der Waals surface area contributed by atoms with Gasteiger partial charge in [-0.3, -0.25) is 19.4 Å². The van der Waals surface area contributed by atoms with Gasteiger partial charge in [-0.25, -0.2) is 19.4 Å². The molecule has 0 unspecified atom stereocenters. The molecule has 37 heavy (non-hydrogen) atoms. The van der Waals surface area contributed by atoms with E-state index in [9.17, 15) is 19.2 Å². The van der Waals surface area contributed by atoms with Crippen molar-refractivity contribution >= 4 is 24.1 Å². The maximum absolute atomic E-state index is 12.2. The molecule has 2 saturated heterocycles. The fraction of sp³-hybridized carbons (Fsp3) is 0.846. The van der Waals surface area contributed by atoms with Crippen molar-refractivity contribution in [3.05, 3.63) is 0 Å². The van der Waals surface area contributed by atoms with Gasteiger partial charge >= 0.3 is 18.2 Å². The summed E-state index contributed by atoms with van der Waals surface area (Å²) in [5, 5.41) is 10.2. The molecule has 216 valence electrons. The number of hydrogen-bond acceptors (Lipinski definition) is 7. The van der Waals surface area contributed by atoms with Crippen LogP contribution in [0.4, 0.5) is 9.59 Å². The van der Waals surface area contributed by atoms with Gasteiger partial charge in [-0.15, -0.1) is 0 Å². The average Bonchev–Trinajstić information content (AvgIpc) is 3.34. The molecular weight excluding hydrogens is 482 g/mol. The number of hydrogen-bond donors (Lipinski definition) is 1. The first-order valence-corrected chi connectivity index (χ1v) is 12.6. The van der Waals surface area contributed by atoms with Gasteiger partial charge in [-0.1, -0.05) is 27.7 Å². The molecule has 11 heteroatoms. The Balaban J connectivity index is 0.000000660. The van der Waals surface area contributed by atoms with E-state index in [0.717, 1.165) is 5.06 Å². The largest absolute Gasteiger partial charge is 0.480 e. The fourth-order valence-electron chi connectivity index (χ4n) is 3.90. The lowest BCUT2D eigenvalue weighted by atomic mass is 10.1. The highest BCUT2D eigenvalue weighted by Crippen LogP contribution is 2.27. The van der Waals surface area contributed by atoms with Crippen LogP contribution in [0.2, 0.25) is 0 Å². The average molecular weight is 533 g/mol. The second-order valence-corrected chi connectivity index (χ2v) is 11.3. The zero-order chi connectivity index (χ0) is 30.0. The van der Waals surface area contributed by atoms with Crippen molar-refractivity contribution in [2.24, 2.45) is 11.8 Å². The quantitative estimate of drug-likeness (QED) is 0.530. The molecule has 2 fully saturated rings. The van der Waals surface area contributed by atoms with E-state index in [2.05, 4.69) is 0 Å². The molecule has 11 nitrogen and oxygen atoms in total. The van der Waals surface area contributed by atoms with E-state index in [0.29, 0.717) is 32.8 Å². The van der Waals surface area contributed by atoms with Crippen molar-refractivity contribution in [2.75, 3.05) is 27.2 Å². The minimum Gasteiger partial charge on any atom is -0.480 e. The number of hydroxylamine groups is 2. The van der Waals surface area contributed by atoms with Crippen molar-refractivity contribution in [1.29, 1.82) is 0 Å². The van der Waals surface area contributed by atoms with Crippen LogP contribution in [0.3, 0.4) is 0 Å². The van der Waals surface area contributed by atoms with Gasteiger partial charge in [-0.05, 0) is 66.2 Å².